The molecular weight excluding hydrogens is 348 g/mol. The van der Waals surface area contributed by atoms with Crippen LogP contribution in [0.5, 0.6) is 0 Å². The van der Waals surface area contributed by atoms with E-state index in [2.05, 4.69) is 9.97 Å². The first-order valence-corrected chi connectivity index (χ1v) is 9.90. The Labute approximate surface area is 159 Å². The summed E-state index contributed by atoms with van der Waals surface area (Å²) in [6, 6.07) is 0. The Hall–Kier alpha value is -1.93. The number of nitrogens with zero attached hydrogens (tertiary/aromatic N) is 3. The lowest BCUT2D eigenvalue weighted by Crippen LogP contribution is -2.39. The predicted molar refractivity (Wildman–Crippen MR) is 102 cm³/mol. The molecule has 0 aromatic carbocycles. The summed E-state index contributed by atoms with van der Waals surface area (Å²) in [5, 5.41) is 0. The molecule has 0 radical (unpaired) electrons. The Bertz CT molecular complexity index is 693. The molecular formula is C19H30N4O4. The van der Waals surface area contributed by atoms with Crippen molar-refractivity contribution in [3.05, 3.63) is 21.6 Å². The molecule has 1 N–H and O–H groups in total. The largest absolute Gasteiger partial charge is 0.378 e. The maximum absolute atomic E-state index is 12.6. The van der Waals surface area contributed by atoms with Crippen LogP contribution in [0.15, 0.2) is 4.79 Å². The van der Waals surface area contributed by atoms with Crippen molar-refractivity contribution in [2.75, 3.05) is 50.9 Å². The minimum atomic E-state index is -0.154. The molecule has 27 heavy (non-hydrogen) atoms. The van der Waals surface area contributed by atoms with Gasteiger partial charge in [-0.15, -0.1) is 0 Å². The number of hydrogen-bond acceptors (Lipinski definition) is 6. The van der Waals surface area contributed by atoms with Crippen molar-refractivity contribution in [1.82, 2.24) is 14.9 Å². The molecule has 0 aliphatic carbocycles. The minimum Gasteiger partial charge on any atom is -0.378 e. The molecule has 1 aromatic heterocycles. The number of hydrogen-bond donors (Lipinski definition) is 1. The molecule has 2 fully saturated rings. The SMILES string of the molecule is CCN(CC1CCCO1)C(=O)CCc1c(C)nc(N2CCOCC2)[nH]c1=O. The molecule has 2 saturated heterocycles. The van der Waals surface area contributed by atoms with Gasteiger partial charge in [0.25, 0.3) is 5.56 Å². The number of likely N-dealkylation sites (N-methyl/N-ethyl adjacent to an activating group) is 1. The van der Waals surface area contributed by atoms with Crippen LogP contribution in [0.1, 0.15) is 37.4 Å². The lowest BCUT2D eigenvalue weighted by Gasteiger charge is -2.27. The van der Waals surface area contributed by atoms with E-state index in [9.17, 15) is 9.59 Å². The Kier molecular flexibility index (Phi) is 6.84. The van der Waals surface area contributed by atoms with E-state index in [0.717, 1.165) is 32.5 Å². The Balaban J connectivity index is 1.60. The second-order valence-corrected chi connectivity index (χ2v) is 7.12. The van der Waals surface area contributed by atoms with Crippen LogP contribution in [0.2, 0.25) is 0 Å². The summed E-state index contributed by atoms with van der Waals surface area (Å²) < 4.78 is 11.0. The lowest BCUT2D eigenvalue weighted by molar-refractivity contribution is -0.132. The molecule has 1 unspecified atom stereocenters. The Morgan fingerprint density at radius 2 is 2.11 bits per heavy atom. The maximum Gasteiger partial charge on any atom is 0.255 e. The first-order valence-electron chi connectivity index (χ1n) is 9.90. The van der Waals surface area contributed by atoms with Gasteiger partial charge in [-0.05, 0) is 33.1 Å². The lowest BCUT2D eigenvalue weighted by atomic mass is 10.1. The van der Waals surface area contributed by atoms with E-state index in [1.807, 2.05) is 23.6 Å². The van der Waals surface area contributed by atoms with E-state index in [-0.39, 0.29) is 17.6 Å². The summed E-state index contributed by atoms with van der Waals surface area (Å²) in [5.74, 6) is 0.647. The van der Waals surface area contributed by atoms with Crippen molar-refractivity contribution >= 4 is 11.9 Å². The highest BCUT2D eigenvalue weighted by molar-refractivity contribution is 5.76. The topological polar surface area (TPSA) is 87.8 Å². The number of rotatable bonds is 7. The fraction of sp³-hybridized carbons (Fsp3) is 0.737. The maximum atomic E-state index is 12.6. The van der Waals surface area contributed by atoms with Crippen LogP contribution in [0.3, 0.4) is 0 Å². The second kappa shape index (κ2) is 9.32. The number of amides is 1. The molecule has 0 spiro atoms. The molecule has 150 valence electrons. The van der Waals surface area contributed by atoms with E-state index in [1.54, 1.807) is 0 Å². The molecule has 8 heteroatoms. The first-order chi connectivity index (χ1) is 13.1. The third-order valence-electron chi connectivity index (χ3n) is 5.29. The third-order valence-corrected chi connectivity index (χ3v) is 5.29. The first kappa shape index (κ1) is 19.8. The van der Waals surface area contributed by atoms with Crippen LogP contribution < -0.4 is 10.5 Å². The van der Waals surface area contributed by atoms with Crippen molar-refractivity contribution in [3.63, 3.8) is 0 Å². The number of aryl methyl sites for hydroxylation is 1. The van der Waals surface area contributed by atoms with Crippen molar-refractivity contribution in [1.29, 1.82) is 0 Å². The summed E-state index contributed by atoms with van der Waals surface area (Å²) >= 11 is 0. The van der Waals surface area contributed by atoms with Crippen LogP contribution in [-0.2, 0) is 20.7 Å². The fourth-order valence-corrected chi connectivity index (χ4v) is 3.65. The van der Waals surface area contributed by atoms with E-state index in [1.165, 1.54) is 0 Å². The van der Waals surface area contributed by atoms with Crippen LogP contribution in [0, 0.1) is 6.92 Å². The van der Waals surface area contributed by atoms with Gasteiger partial charge in [-0.25, -0.2) is 4.98 Å². The number of carbonyl (C=O) groups excluding carboxylic acids is 1. The van der Waals surface area contributed by atoms with Crippen molar-refractivity contribution in [2.24, 2.45) is 0 Å². The normalized spacial score (nSPS) is 20.1. The molecule has 2 aliphatic rings. The molecule has 0 bridgehead atoms. The number of morpholine rings is 1. The van der Waals surface area contributed by atoms with Gasteiger partial charge in [0.1, 0.15) is 0 Å². The van der Waals surface area contributed by atoms with Gasteiger partial charge in [-0.3, -0.25) is 14.6 Å². The Morgan fingerprint density at radius 3 is 2.74 bits per heavy atom. The van der Waals surface area contributed by atoms with Crippen molar-refractivity contribution in [3.8, 4) is 0 Å². The van der Waals surface area contributed by atoms with Gasteiger partial charge >= 0.3 is 0 Å². The number of aromatic nitrogens is 2. The van der Waals surface area contributed by atoms with Gasteiger partial charge < -0.3 is 19.3 Å². The van der Waals surface area contributed by atoms with Gasteiger partial charge in [0.15, 0.2) is 0 Å². The molecule has 2 aliphatic heterocycles. The number of nitrogens with one attached hydrogen (secondary N) is 1. The van der Waals surface area contributed by atoms with Crippen LogP contribution in [0.4, 0.5) is 5.95 Å². The summed E-state index contributed by atoms with van der Waals surface area (Å²) in [6.07, 6.45) is 2.93. The number of anilines is 1. The number of H-pyrrole nitrogens is 1. The third kappa shape index (κ3) is 5.07. The monoisotopic (exact) mass is 378 g/mol. The molecule has 0 saturated carbocycles. The van der Waals surface area contributed by atoms with Crippen LogP contribution in [-0.4, -0.2) is 72.9 Å². The average Bonchev–Trinajstić information content (AvgIpc) is 3.19. The highest BCUT2D eigenvalue weighted by Gasteiger charge is 2.22. The minimum absolute atomic E-state index is 0.0593. The average molecular weight is 378 g/mol. The zero-order chi connectivity index (χ0) is 19.2. The summed E-state index contributed by atoms with van der Waals surface area (Å²) in [6.45, 7) is 8.59. The van der Waals surface area contributed by atoms with Crippen molar-refractivity contribution in [2.45, 2.75) is 45.6 Å². The van der Waals surface area contributed by atoms with Crippen molar-refractivity contribution < 1.29 is 14.3 Å². The molecule has 1 atom stereocenters. The molecule has 3 heterocycles. The smallest absolute Gasteiger partial charge is 0.255 e. The molecule has 8 nitrogen and oxygen atoms in total. The van der Waals surface area contributed by atoms with Crippen LogP contribution >= 0.6 is 0 Å². The quantitative estimate of drug-likeness (QED) is 0.758. The molecule has 1 aromatic rings. The van der Waals surface area contributed by atoms with E-state index < -0.39 is 0 Å². The van der Waals surface area contributed by atoms with Gasteiger partial charge in [-0.1, -0.05) is 0 Å². The van der Waals surface area contributed by atoms with Gasteiger partial charge in [0, 0.05) is 50.5 Å². The zero-order valence-electron chi connectivity index (χ0n) is 16.3. The second-order valence-electron chi connectivity index (χ2n) is 7.12. The van der Waals surface area contributed by atoms with Crippen LogP contribution in [0.25, 0.3) is 0 Å². The zero-order valence-corrected chi connectivity index (χ0v) is 16.3. The summed E-state index contributed by atoms with van der Waals surface area (Å²) in [5.41, 5.74) is 1.13. The van der Waals surface area contributed by atoms with Gasteiger partial charge in [0.2, 0.25) is 11.9 Å². The summed E-state index contributed by atoms with van der Waals surface area (Å²) in [7, 11) is 0. The number of ether oxygens (including phenoxy) is 2. The van der Waals surface area contributed by atoms with Gasteiger partial charge in [0.05, 0.1) is 19.3 Å². The van der Waals surface area contributed by atoms with E-state index in [4.69, 9.17) is 9.47 Å². The summed E-state index contributed by atoms with van der Waals surface area (Å²) in [4.78, 5) is 36.4. The number of carbonyl (C=O) groups is 1. The van der Waals surface area contributed by atoms with E-state index in [0.29, 0.717) is 56.4 Å². The predicted octanol–water partition coefficient (Wildman–Crippen LogP) is 0.875. The molecule has 1 amide bonds. The number of aromatic amines is 1. The van der Waals surface area contributed by atoms with E-state index >= 15 is 0 Å². The fourth-order valence-electron chi connectivity index (χ4n) is 3.65. The highest BCUT2D eigenvalue weighted by atomic mass is 16.5. The molecule has 3 rings (SSSR count). The highest BCUT2D eigenvalue weighted by Crippen LogP contribution is 2.15. The van der Waals surface area contributed by atoms with Gasteiger partial charge in [-0.2, -0.15) is 0 Å². The Morgan fingerprint density at radius 1 is 1.33 bits per heavy atom. The standard InChI is InChI=1S/C19H30N4O4/c1-3-22(13-15-5-4-10-27-15)17(24)7-6-16-14(2)20-19(21-18(16)25)23-8-11-26-12-9-23/h15H,3-13H2,1-2H3,(H,20,21,25).